The number of hydrogen-bond donors (Lipinski definition) is 2. The molecule has 0 bridgehead atoms. The van der Waals surface area contributed by atoms with Gasteiger partial charge in [0.25, 0.3) is 15.9 Å². The summed E-state index contributed by atoms with van der Waals surface area (Å²) in [5.41, 5.74) is 1.51. The van der Waals surface area contributed by atoms with Gasteiger partial charge in [-0.15, -0.1) is 0 Å². The van der Waals surface area contributed by atoms with E-state index in [0.717, 1.165) is 5.56 Å². The summed E-state index contributed by atoms with van der Waals surface area (Å²) in [5.74, 6) is 0.282. The molecule has 8 heteroatoms. The fourth-order valence-corrected chi connectivity index (χ4v) is 4.30. The molecular formula is C22H21ClN2O4S. The summed E-state index contributed by atoms with van der Waals surface area (Å²) in [6, 6.07) is 20.3. The van der Waals surface area contributed by atoms with Crippen LogP contribution in [0.25, 0.3) is 0 Å². The Bertz CT molecular complexity index is 1130. The smallest absolute Gasteiger partial charge is 0.263 e. The second-order valence-electron chi connectivity index (χ2n) is 6.54. The zero-order valence-corrected chi connectivity index (χ0v) is 17.8. The third-order valence-electron chi connectivity index (χ3n) is 4.15. The molecule has 0 radical (unpaired) electrons. The van der Waals surface area contributed by atoms with Gasteiger partial charge < -0.3 is 10.1 Å². The minimum absolute atomic E-state index is 0.0270. The Kier molecular flexibility index (Phi) is 6.97. The Labute approximate surface area is 180 Å². The van der Waals surface area contributed by atoms with E-state index in [9.17, 15) is 13.2 Å². The number of carbonyl (C=O) groups excluding carboxylic acids is 1. The van der Waals surface area contributed by atoms with Crippen molar-refractivity contribution in [1.29, 1.82) is 0 Å². The molecular weight excluding hydrogens is 424 g/mol. The molecule has 0 atom stereocenters. The maximum Gasteiger partial charge on any atom is 0.263 e. The molecule has 0 aliphatic heterocycles. The number of benzene rings is 3. The molecule has 0 saturated heterocycles. The van der Waals surface area contributed by atoms with E-state index in [2.05, 4.69) is 10.0 Å². The number of sulfonamides is 1. The number of carbonyl (C=O) groups is 1. The molecule has 0 saturated carbocycles. The van der Waals surface area contributed by atoms with Gasteiger partial charge in [0.05, 0.1) is 11.6 Å². The Morgan fingerprint density at radius 2 is 1.77 bits per heavy atom. The van der Waals surface area contributed by atoms with Crippen LogP contribution in [0.5, 0.6) is 5.75 Å². The van der Waals surface area contributed by atoms with Crippen molar-refractivity contribution in [3.63, 3.8) is 0 Å². The maximum atomic E-state index is 12.8. The summed E-state index contributed by atoms with van der Waals surface area (Å²) in [6.45, 7) is 2.40. The van der Waals surface area contributed by atoms with Crippen LogP contribution in [-0.4, -0.2) is 27.5 Å². The Balaban J connectivity index is 1.67. The average molecular weight is 445 g/mol. The standard InChI is InChI=1S/C22H21ClN2O4S/c1-16-6-5-7-18(14-16)25-30(27,28)21-15-17(10-11-20(21)23)22(26)24-12-13-29-19-8-3-2-4-9-19/h2-11,14-15,25H,12-13H2,1H3,(H,24,26). The average Bonchev–Trinajstić information content (AvgIpc) is 2.71. The van der Waals surface area contributed by atoms with Crippen LogP contribution in [0, 0.1) is 6.92 Å². The fraction of sp³-hybridized carbons (Fsp3) is 0.136. The maximum absolute atomic E-state index is 12.8. The van der Waals surface area contributed by atoms with Gasteiger partial charge in [-0.2, -0.15) is 0 Å². The molecule has 0 aliphatic rings. The monoisotopic (exact) mass is 444 g/mol. The second kappa shape index (κ2) is 9.65. The number of halogens is 1. The van der Waals surface area contributed by atoms with E-state index in [4.69, 9.17) is 16.3 Å². The van der Waals surface area contributed by atoms with Crippen LogP contribution >= 0.6 is 11.6 Å². The summed E-state index contributed by atoms with van der Waals surface area (Å²) in [7, 11) is -3.96. The molecule has 156 valence electrons. The molecule has 3 aromatic carbocycles. The van der Waals surface area contributed by atoms with Gasteiger partial charge in [0.15, 0.2) is 0 Å². The van der Waals surface area contributed by atoms with Gasteiger partial charge in [0.2, 0.25) is 0 Å². The molecule has 3 rings (SSSR count). The molecule has 1 amide bonds. The van der Waals surface area contributed by atoms with E-state index in [1.807, 2.05) is 43.3 Å². The summed E-state index contributed by atoms with van der Waals surface area (Å²) in [6.07, 6.45) is 0. The van der Waals surface area contributed by atoms with Gasteiger partial charge in [-0.1, -0.05) is 41.9 Å². The van der Waals surface area contributed by atoms with Gasteiger partial charge in [-0.25, -0.2) is 8.42 Å². The van der Waals surface area contributed by atoms with Gasteiger partial charge in [0.1, 0.15) is 17.3 Å². The van der Waals surface area contributed by atoms with Crippen LogP contribution in [0.15, 0.2) is 77.7 Å². The van der Waals surface area contributed by atoms with Crippen LogP contribution in [0.1, 0.15) is 15.9 Å². The van der Waals surface area contributed by atoms with Gasteiger partial charge in [-0.3, -0.25) is 9.52 Å². The first-order valence-corrected chi connectivity index (χ1v) is 11.1. The van der Waals surface area contributed by atoms with Crippen molar-refractivity contribution >= 4 is 33.2 Å². The third kappa shape index (κ3) is 5.75. The van der Waals surface area contributed by atoms with Crippen LogP contribution < -0.4 is 14.8 Å². The molecule has 6 nitrogen and oxygen atoms in total. The van der Waals surface area contributed by atoms with Crippen molar-refractivity contribution < 1.29 is 17.9 Å². The molecule has 3 aromatic rings. The number of aryl methyl sites for hydroxylation is 1. The van der Waals surface area contributed by atoms with Crippen LogP contribution in [0.4, 0.5) is 5.69 Å². The molecule has 30 heavy (non-hydrogen) atoms. The van der Waals surface area contributed by atoms with E-state index in [1.165, 1.54) is 18.2 Å². The van der Waals surface area contributed by atoms with Crippen molar-refractivity contribution in [1.82, 2.24) is 5.32 Å². The number of anilines is 1. The summed E-state index contributed by atoms with van der Waals surface area (Å²) < 4.78 is 33.6. The van der Waals surface area contributed by atoms with Crippen molar-refractivity contribution in [2.45, 2.75) is 11.8 Å². The number of para-hydroxylation sites is 1. The molecule has 0 spiro atoms. The first-order valence-electron chi connectivity index (χ1n) is 9.20. The van der Waals surface area contributed by atoms with E-state index in [-0.39, 0.29) is 28.6 Å². The second-order valence-corrected chi connectivity index (χ2v) is 8.60. The Hall–Kier alpha value is -3.03. The molecule has 0 aromatic heterocycles. The first-order chi connectivity index (χ1) is 14.3. The lowest BCUT2D eigenvalue weighted by atomic mass is 10.2. The molecule has 2 N–H and O–H groups in total. The molecule has 0 aliphatic carbocycles. The minimum atomic E-state index is -3.96. The Morgan fingerprint density at radius 1 is 1.00 bits per heavy atom. The predicted octanol–water partition coefficient (Wildman–Crippen LogP) is 4.26. The third-order valence-corrected chi connectivity index (χ3v) is 6.02. The lowest BCUT2D eigenvalue weighted by Crippen LogP contribution is -2.28. The van der Waals surface area contributed by atoms with E-state index >= 15 is 0 Å². The summed E-state index contributed by atoms with van der Waals surface area (Å²) in [5, 5.41) is 2.73. The van der Waals surface area contributed by atoms with E-state index in [0.29, 0.717) is 11.4 Å². The van der Waals surface area contributed by atoms with E-state index < -0.39 is 15.9 Å². The highest BCUT2D eigenvalue weighted by atomic mass is 35.5. The number of ether oxygens (including phenoxy) is 1. The lowest BCUT2D eigenvalue weighted by molar-refractivity contribution is 0.0947. The SMILES string of the molecule is Cc1cccc(NS(=O)(=O)c2cc(C(=O)NCCOc3ccccc3)ccc2Cl)c1. The highest BCUT2D eigenvalue weighted by Crippen LogP contribution is 2.25. The normalized spacial score (nSPS) is 11.0. The lowest BCUT2D eigenvalue weighted by Gasteiger charge is -2.12. The van der Waals surface area contributed by atoms with Crippen molar-refractivity contribution in [2.24, 2.45) is 0 Å². The predicted molar refractivity (Wildman–Crippen MR) is 118 cm³/mol. The van der Waals surface area contributed by atoms with Crippen molar-refractivity contribution in [3.8, 4) is 5.75 Å². The zero-order chi connectivity index (χ0) is 21.6. The summed E-state index contributed by atoms with van der Waals surface area (Å²) >= 11 is 6.11. The Morgan fingerprint density at radius 3 is 2.50 bits per heavy atom. The highest BCUT2D eigenvalue weighted by Gasteiger charge is 2.20. The number of amides is 1. The van der Waals surface area contributed by atoms with Crippen LogP contribution in [-0.2, 0) is 10.0 Å². The summed E-state index contributed by atoms with van der Waals surface area (Å²) in [4.78, 5) is 12.3. The highest BCUT2D eigenvalue weighted by molar-refractivity contribution is 7.92. The van der Waals surface area contributed by atoms with Crippen LogP contribution in [0.2, 0.25) is 5.02 Å². The quantitative estimate of drug-likeness (QED) is 0.508. The number of hydrogen-bond acceptors (Lipinski definition) is 4. The largest absolute Gasteiger partial charge is 0.492 e. The van der Waals surface area contributed by atoms with Crippen LogP contribution in [0.3, 0.4) is 0 Å². The van der Waals surface area contributed by atoms with Gasteiger partial charge in [0, 0.05) is 11.3 Å². The van der Waals surface area contributed by atoms with Crippen molar-refractivity contribution in [2.75, 3.05) is 17.9 Å². The topological polar surface area (TPSA) is 84.5 Å². The molecule has 0 unspecified atom stereocenters. The van der Waals surface area contributed by atoms with E-state index in [1.54, 1.807) is 18.2 Å². The van der Waals surface area contributed by atoms with Gasteiger partial charge in [-0.05, 0) is 55.0 Å². The van der Waals surface area contributed by atoms with Gasteiger partial charge >= 0.3 is 0 Å². The molecule has 0 fully saturated rings. The fourth-order valence-electron chi connectivity index (χ4n) is 2.72. The van der Waals surface area contributed by atoms with Crippen molar-refractivity contribution in [3.05, 3.63) is 88.9 Å². The zero-order valence-electron chi connectivity index (χ0n) is 16.3. The number of rotatable bonds is 8. The minimum Gasteiger partial charge on any atom is -0.492 e. The first kappa shape index (κ1) is 21.7. The number of nitrogens with one attached hydrogen (secondary N) is 2. The molecule has 0 heterocycles.